The van der Waals surface area contributed by atoms with Crippen LogP contribution in [0.1, 0.15) is 0 Å². The molecule has 0 aliphatic carbocycles. The molecule has 22 heavy (non-hydrogen) atoms. The van der Waals surface area contributed by atoms with Crippen LogP contribution in [0.2, 0.25) is 5.02 Å². The molecule has 0 unspecified atom stereocenters. The van der Waals surface area contributed by atoms with Gasteiger partial charge in [0.25, 0.3) is 10.0 Å². The Morgan fingerprint density at radius 1 is 1.05 bits per heavy atom. The summed E-state index contributed by atoms with van der Waals surface area (Å²) in [5, 5.41) is 0.695. The highest BCUT2D eigenvalue weighted by molar-refractivity contribution is 9.11. The Hall–Kier alpha value is -0.600. The zero-order valence-corrected chi connectivity index (χ0v) is 15.6. The second-order valence-corrected chi connectivity index (χ2v) is 9.94. The van der Waals surface area contributed by atoms with Crippen LogP contribution in [0.25, 0.3) is 0 Å². The highest BCUT2D eigenvalue weighted by Gasteiger charge is 2.30. The molecule has 0 atom stereocenters. The number of anilines is 1. The normalized spacial score (nSPS) is 16.9. The molecule has 2 aromatic rings. The highest BCUT2D eigenvalue weighted by atomic mass is 79.9. The fraction of sp³-hybridized carbons (Fsp3) is 0.286. The molecular weight excluding hydrogens is 408 g/mol. The van der Waals surface area contributed by atoms with Crippen molar-refractivity contribution in [3.63, 3.8) is 0 Å². The number of piperazine rings is 1. The van der Waals surface area contributed by atoms with Gasteiger partial charge in [0.05, 0.1) is 14.5 Å². The van der Waals surface area contributed by atoms with Crippen LogP contribution in [0.4, 0.5) is 5.69 Å². The molecule has 0 amide bonds. The second kappa shape index (κ2) is 6.49. The molecular formula is C14H14BrClN2O2S2. The average molecular weight is 422 g/mol. The van der Waals surface area contributed by atoms with Crippen LogP contribution in [0.15, 0.2) is 44.4 Å². The highest BCUT2D eigenvalue weighted by Crippen LogP contribution is 2.30. The summed E-state index contributed by atoms with van der Waals surface area (Å²) >= 11 is 10.8. The monoisotopic (exact) mass is 420 g/mol. The summed E-state index contributed by atoms with van der Waals surface area (Å²) in [5.74, 6) is 0. The van der Waals surface area contributed by atoms with Crippen molar-refractivity contribution in [2.24, 2.45) is 0 Å². The number of halogens is 2. The SMILES string of the molecule is O=S(=O)(c1ccc(Br)s1)N1CCN(c2ccccc2Cl)CC1. The Kier molecular flexibility index (Phi) is 4.80. The van der Waals surface area contributed by atoms with Gasteiger partial charge in [0, 0.05) is 26.2 Å². The molecule has 1 aromatic carbocycles. The van der Waals surface area contributed by atoms with Crippen LogP contribution in [0.5, 0.6) is 0 Å². The molecule has 1 aliphatic rings. The average Bonchev–Trinajstić information content (AvgIpc) is 2.95. The molecule has 0 spiro atoms. The summed E-state index contributed by atoms with van der Waals surface area (Å²) in [5.41, 5.74) is 0.958. The molecule has 1 aliphatic heterocycles. The van der Waals surface area contributed by atoms with Crippen LogP contribution >= 0.6 is 38.9 Å². The fourth-order valence-corrected chi connectivity index (χ4v) is 6.28. The maximum Gasteiger partial charge on any atom is 0.252 e. The van der Waals surface area contributed by atoms with E-state index in [0.717, 1.165) is 9.47 Å². The zero-order chi connectivity index (χ0) is 15.7. The maximum absolute atomic E-state index is 12.6. The molecule has 2 heterocycles. The predicted octanol–water partition coefficient (Wildman–Crippen LogP) is 3.67. The van der Waals surface area contributed by atoms with Crippen molar-refractivity contribution in [2.45, 2.75) is 4.21 Å². The first-order valence-electron chi connectivity index (χ1n) is 6.73. The summed E-state index contributed by atoms with van der Waals surface area (Å²) in [6.07, 6.45) is 0. The number of para-hydroxylation sites is 1. The third kappa shape index (κ3) is 3.19. The van der Waals surface area contributed by atoms with Crippen LogP contribution in [-0.2, 0) is 10.0 Å². The molecule has 4 nitrogen and oxygen atoms in total. The van der Waals surface area contributed by atoms with Crippen molar-refractivity contribution in [3.05, 3.63) is 45.2 Å². The number of thiophene rings is 1. The van der Waals surface area contributed by atoms with Gasteiger partial charge in [0.1, 0.15) is 4.21 Å². The summed E-state index contributed by atoms with van der Waals surface area (Å²) in [6, 6.07) is 11.0. The van der Waals surface area contributed by atoms with Crippen molar-refractivity contribution >= 4 is 54.6 Å². The lowest BCUT2D eigenvalue weighted by Crippen LogP contribution is -2.48. The molecule has 118 valence electrons. The quantitative estimate of drug-likeness (QED) is 0.759. The molecule has 1 saturated heterocycles. The van der Waals surface area contributed by atoms with E-state index in [9.17, 15) is 8.42 Å². The fourth-order valence-electron chi connectivity index (χ4n) is 2.44. The van der Waals surface area contributed by atoms with Crippen molar-refractivity contribution < 1.29 is 8.42 Å². The largest absolute Gasteiger partial charge is 0.368 e. The molecule has 0 saturated carbocycles. The lowest BCUT2D eigenvalue weighted by Gasteiger charge is -2.35. The lowest BCUT2D eigenvalue weighted by molar-refractivity contribution is 0.386. The Labute approximate surface area is 147 Å². The molecule has 1 aromatic heterocycles. The number of hydrogen-bond acceptors (Lipinski definition) is 4. The second-order valence-electron chi connectivity index (χ2n) is 4.90. The molecule has 0 N–H and O–H groups in total. The summed E-state index contributed by atoms with van der Waals surface area (Å²) in [4.78, 5) is 2.12. The zero-order valence-electron chi connectivity index (χ0n) is 11.6. The summed E-state index contributed by atoms with van der Waals surface area (Å²) < 4.78 is 27.9. The van der Waals surface area contributed by atoms with Gasteiger partial charge >= 0.3 is 0 Å². The standard InChI is InChI=1S/C14H14BrClN2O2S2/c15-13-5-6-14(21-13)22(19,20)18-9-7-17(8-10-18)12-4-2-1-3-11(12)16/h1-6H,7-10H2. The van der Waals surface area contributed by atoms with E-state index in [1.165, 1.54) is 11.3 Å². The van der Waals surface area contributed by atoms with Gasteiger partial charge < -0.3 is 4.90 Å². The van der Waals surface area contributed by atoms with Gasteiger partial charge in [-0.25, -0.2) is 8.42 Å². The van der Waals surface area contributed by atoms with E-state index < -0.39 is 10.0 Å². The Bertz CT molecular complexity index is 771. The van der Waals surface area contributed by atoms with E-state index in [1.54, 1.807) is 16.4 Å². The maximum atomic E-state index is 12.6. The van der Waals surface area contributed by atoms with E-state index in [-0.39, 0.29) is 0 Å². The first-order chi connectivity index (χ1) is 10.5. The van der Waals surface area contributed by atoms with Gasteiger partial charge in [0.15, 0.2) is 0 Å². The van der Waals surface area contributed by atoms with Gasteiger partial charge in [-0.05, 0) is 40.2 Å². The van der Waals surface area contributed by atoms with Gasteiger partial charge in [0.2, 0.25) is 0 Å². The number of sulfonamides is 1. The minimum Gasteiger partial charge on any atom is -0.368 e. The molecule has 0 bridgehead atoms. The van der Waals surface area contributed by atoms with E-state index in [0.29, 0.717) is 35.4 Å². The van der Waals surface area contributed by atoms with Crippen molar-refractivity contribution in [1.82, 2.24) is 4.31 Å². The number of benzene rings is 1. The van der Waals surface area contributed by atoms with Gasteiger partial charge in [-0.1, -0.05) is 23.7 Å². The Morgan fingerprint density at radius 3 is 2.32 bits per heavy atom. The van der Waals surface area contributed by atoms with Gasteiger partial charge in [-0.3, -0.25) is 0 Å². The number of hydrogen-bond donors (Lipinski definition) is 0. The van der Waals surface area contributed by atoms with E-state index in [2.05, 4.69) is 20.8 Å². The van der Waals surface area contributed by atoms with E-state index in [4.69, 9.17) is 11.6 Å². The van der Waals surface area contributed by atoms with Crippen LogP contribution in [0.3, 0.4) is 0 Å². The van der Waals surface area contributed by atoms with Crippen LogP contribution < -0.4 is 4.90 Å². The van der Waals surface area contributed by atoms with Crippen molar-refractivity contribution in [1.29, 1.82) is 0 Å². The predicted molar refractivity (Wildman–Crippen MR) is 94.4 cm³/mol. The first kappa shape index (κ1) is 16.3. The number of nitrogens with zero attached hydrogens (tertiary/aromatic N) is 2. The summed E-state index contributed by atoms with van der Waals surface area (Å²) in [6.45, 7) is 2.19. The number of rotatable bonds is 3. The molecule has 8 heteroatoms. The van der Waals surface area contributed by atoms with Gasteiger partial charge in [-0.2, -0.15) is 4.31 Å². The molecule has 1 fully saturated rings. The molecule has 3 rings (SSSR count). The first-order valence-corrected chi connectivity index (χ1v) is 10.2. The van der Waals surface area contributed by atoms with E-state index >= 15 is 0 Å². The van der Waals surface area contributed by atoms with Gasteiger partial charge in [-0.15, -0.1) is 11.3 Å². The minimum atomic E-state index is -3.39. The van der Waals surface area contributed by atoms with E-state index in [1.807, 2.05) is 24.3 Å². The molecule has 0 radical (unpaired) electrons. The Morgan fingerprint density at radius 2 is 1.73 bits per heavy atom. The summed E-state index contributed by atoms with van der Waals surface area (Å²) in [7, 11) is -3.39. The van der Waals surface area contributed by atoms with Crippen molar-refractivity contribution in [2.75, 3.05) is 31.1 Å². The Balaban J connectivity index is 1.73. The third-order valence-electron chi connectivity index (χ3n) is 3.57. The third-order valence-corrected chi connectivity index (χ3v) is 7.88. The smallest absolute Gasteiger partial charge is 0.252 e. The minimum absolute atomic E-state index is 0.380. The van der Waals surface area contributed by atoms with Crippen LogP contribution in [-0.4, -0.2) is 38.9 Å². The van der Waals surface area contributed by atoms with Crippen LogP contribution in [0, 0.1) is 0 Å². The van der Waals surface area contributed by atoms with Crippen molar-refractivity contribution in [3.8, 4) is 0 Å². The lowest BCUT2D eigenvalue weighted by atomic mass is 10.2. The topological polar surface area (TPSA) is 40.6 Å².